The van der Waals surface area contributed by atoms with Crippen LogP contribution in [0.1, 0.15) is 11.1 Å². The smallest absolute Gasteiger partial charge is 0.122 e. The summed E-state index contributed by atoms with van der Waals surface area (Å²) in [7, 11) is 0. The first-order chi connectivity index (χ1) is 9.35. The molecule has 0 aliphatic carbocycles. The van der Waals surface area contributed by atoms with Crippen LogP contribution in [0, 0.1) is 0 Å². The first-order valence-corrected chi connectivity index (χ1v) is 7.70. The SMILES string of the molecule is CSc1ccc(CNc2ccc3c(c2)CCO3)cc1. The van der Waals surface area contributed by atoms with Crippen molar-refractivity contribution in [1.82, 2.24) is 0 Å². The van der Waals surface area contributed by atoms with E-state index in [0.29, 0.717) is 0 Å². The number of benzene rings is 2. The van der Waals surface area contributed by atoms with Crippen molar-refractivity contribution in [2.24, 2.45) is 0 Å². The van der Waals surface area contributed by atoms with Crippen LogP contribution < -0.4 is 10.1 Å². The van der Waals surface area contributed by atoms with Gasteiger partial charge in [-0.2, -0.15) is 0 Å². The molecule has 3 rings (SSSR count). The monoisotopic (exact) mass is 271 g/mol. The quantitative estimate of drug-likeness (QED) is 0.851. The molecular formula is C16H17NOS. The van der Waals surface area contributed by atoms with Gasteiger partial charge in [0.05, 0.1) is 6.61 Å². The highest BCUT2D eigenvalue weighted by molar-refractivity contribution is 7.98. The third kappa shape index (κ3) is 2.87. The van der Waals surface area contributed by atoms with Crippen molar-refractivity contribution in [2.75, 3.05) is 18.2 Å². The number of anilines is 1. The molecule has 1 aliphatic heterocycles. The molecule has 1 aliphatic rings. The van der Waals surface area contributed by atoms with E-state index in [4.69, 9.17) is 4.74 Å². The van der Waals surface area contributed by atoms with E-state index in [0.717, 1.165) is 31.0 Å². The zero-order chi connectivity index (χ0) is 13.1. The minimum absolute atomic E-state index is 0.814. The summed E-state index contributed by atoms with van der Waals surface area (Å²) in [5.41, 5.74) is 3.77. The fourth-order valence-corrected chi connectivity index (χ4v) is 2.65. The van der Waals surface area contributed by atoms with Gasteiger partial charge in [-0.1, -0.05) is 12.1 Å². The standard InChI is InChI=1S/C16H17NOS/c1-19-15-5-2-12(3-6-15)11-17-14-4-7-16-13(10-14)8-9-18-16/h2-7,10,17H,8-9,11H2,1H3. The number of fused-ring (bicyclic) bond motifs is 1. The molecule has 0 bridgehead atoms. The lowest BCUT2D eigenvalue weighted by molar-refractivity contribution is 0.357. The first-order valence-electron chi connectivity index (χ1n) is 6.48. The van der Waals surface area contributed by atoms with Crippen LogP contribution in [0.3, 0.4) is 0 Å². The summed E-state index contributed by atoms with van der Waals surface area (Å²) >= 11 is 1.77. The molecular weight excluding hydrogens is 254 g/mol. The Bertz CT molecular complexity index is 565. The van der Waals surface area contributed by atoms with Gasteiger partial charge in [-0.25, -0.2) is 0 Å². The Kier molecular flexibility index (Phi) is 3.65. The third-order valence-electron chi connectivity index (χ3n) is 3.35. The van der Waals surface area contributed by atoms with Crippen molar-refractivity contribution in [1.29, 1.82) is 0 Å². The molecule has 1 N–H and O–H groups in total. The van der Waals surface area contributed by atoms with E-state index in [-0.39, 0.29) is 0 Å². The Morgan fingerprint density at radius 1 is 1.16 bits per heavy atom. The van der Waals surface area contributed by atoms with E-state index >= 15 is 0 Å². The molecule has 0 radical (unpaired) electrons. The van der Waals surface area contributed by atoms with Crippen molar-refractivity contribution in [2.45, 2.75) is 17.9 Å². The summed E-state index contributed by atoms with van der Waals surface area (Å²) in [5, 5.41) is 3.47. The molecule has 2 aromatic rings. The Labute approximate surface area is 118 Å². The van der Waals surface area contributed by atoms with Crippen molar-refractivity contribution >= 4 is 17.4 Å². The summed E-state index contributed by atoms with van der Waals surface area (Å²) in [6.07, 6.45) is 3.12. The maximum atomic E-state index is 5.51. The van der Waals surface area contributed by atoms with Crippen molar-refractivity contribution in [3.05, 3.63) is 53.6 Å². The van der Waals surface area contributed by atoms with E-state index in [1.54, 1.807) is 11.8 Å². The largest absolute Gasteiger partial charge is 0.493 e. The second-order valence-corrected chi connectivity index (χ2v) is 5.50. The minimum atomic E-state index is 0.814. The first kappa shape index (κ1) is 12.4. The third-order valence-corrected chi connectivity index (χ3v) is 4.09. The lowest BCUT2D eigenvalue weighted by Crippen LogP contribution is -1.99. The molecule has 0 fully saturated rings. The predicted molar refractivity (Wildman–Crippen MR) is 81.2 cm³/mol. The molecule has 0 spiro atoms. The van der Waals surface area contributed by atoms with Gasteiger partial charge in [-0.05, 0) is 47.7 Å². The normalized spacial score (nSPS) is 12.9. The number of thioether (sulfide) groups is 1. The predicted octanol–water partition coefficient (Wildman–Crippen LogP) is 3.96. The zero-order valence-electron chi connectivity index (χ0n) is 11.0. The van der Waals surface area contributed by atoms with Gasteiger partial charge in [0.25, 0.3) is 0 Å². The zero-order valence-corrected chi connectivity index (χ0v) is 11.8. The molecule has 0 aromatic heterocycles. The molecule has 0 atom stereocenters. The molecule has 19 heavy (non-hydrogen) atoms. The van der Waals surface area contributed by atoms with E-state index < -0.39 is 0 Å². The second-order valence-electron chi connectivity index (χ2n) is 4.62. The van der Waals surface area contributed by atoms with Crippen molar-refractivity contribution < 1.29 is 4.74 Å². The highest BCUT2D eigenvalue weighted by Gasteiger charge is 2.11. The van der Waals surface area contributed by atoms with Gasteiger partial charge >= 0.3 is 0 Å². The topological polar surface area (TPSA) is 21.3 Å². The number of rotatable bonds is 4. The van der Waals surface area contributed by atoms with Crippen LogP contribution in [0.2, 0.25) is 0 Å². The molecule has 2 aromatic carbocycles. The van der Waals surface area contributed by atoms with Crippen LogP contribution in [0.5, 0.6) is 5.75 Å². The average Bonchev–Trinajstić information content (AvgIpc) is 2.93. The Morgan fingerprint density at radius 2 is 2.00 bits per heavy atom. The van der Waals surface area contributed by atoms with Gasteiger partial charge in [0, 0.05) is 23.5 Å². The Balaban J connectivity index is 1.65. The van der Waals surface area contributed by atoms with Gasteiger partial charge in [0.15, 0.2) is 0 Å². The Morgan fingerprint density at radius 3 is 2.79 bits per heavy atom. The van der Waals surface area contributed by atoms with Crippen LogP contribution in [0.4, 0.5) is 5.69 Å². The summed E-state index contributed by atoms with van der Waals surface area (Å²) in [6, 6.07) is 15.0. The molecule has 98 valence electrons. The van der Waals surface area contributed by atoms with Crippen LogP contribution in [-0.2, 0) is 13.0 Å². The molecule has 0 saturated carbocycles. The fraction of sp³-hybridized carbons (Fsp3) is 0.250. The molecule has 0 unspecified atom stereocenters. The highest BCUT2D eigenvalue weighted by atomic mass is 32.2. The van der Waals surface area contributed by atoms with E-state index in [2.05, 4.69) is 54.0 Å². The van der Waals surface area contributed by atoms with E-state index in [1.165, 1.54) is 16.0 Å². The van der Waals surface area contributed by atoms with E-state index in [1.807, 2.05) is 0 Å². The summed E-state index contributed by atoms with van der Waals surface area (Å²) in [5.74, 6) is 1.04. The number of nitrogens with one attached hydrogen (secondary N) is 1. The van der Waals surface area contributed by atoms with Crippen molar-refractivity contribution in [3.8, 4) is 5.75 Å². The fourth-order valence-electron chi connectivity index (χ4n) is 2.24. The van der Waals surface area contributed by atoms with Crippen LogP contribution in [-0.4, -0.2) is 12.9 Å². The van der Waals surface area contributed by atoms with Gasteiger partial charge in [0.1, 0.15) is 5.75 Å². The summed E-state index contributed by atoms with van der Waals surface area (Å²) in [6.45, 7) is 1.67. The van der Waals surface area contributed by atoms with Gasteiger partial charge in [-0.3, -0.25) is 0 Å². The van der Waals surface area contributed by atoms with Gasteiger partial charge in [0.2, 0.25) is 0 Å². The molecule has 3 heteroatoms. The highest BCUT2D eigenvalue weighted by Crippen LogP contribution is 2.28. The minimum Gasteiger partial charge on any atom is -0.493 e. The van der Waals surface area contributed by atoms with Crippen LogP contribution in [0.25, 0.3) is 0 Å². The maximum Gasteiger partial charge on any atom is 0.122 e. The number of hydrogen-bond acceptors (Lipinski definition) is 3. The molecule has 0 amide bonds. The van der Waals surface area contributed by atoms with E-state index in [9.17, 15) is 0 Å². The second kappa shape index (κ2) is 5.57. The molecule has 0 saturated heterocycles. The number of ether oxygens (including phenoxy) is 1. The average molecular weight is 271 g/mol. The number of hydrogen-bond donors (Lipinski definition) is 1. The summed E-state index contributed by atoms with van der Waals surface area (Å²) in [4.78, 5) is 1.30. The molecule has 1 heterocycles. The molecule has 2 nitrogen and oxygen atoms in total. The Hall–Kier alpha value is -1.61. The van der Waals surface area contributed by atoms with Crippen molar-refractivity contribution in [3.63, 3.8) is 0 Å². The van der Waals surface area contributed by atoms with Crippen LogP contribution in [0.15, 0.2) is 47.4 Å². The maximum absolute atomic E-state index is 5.51. The van der Waals surface area contributed by atoms with Crippen LogP contribution >= 0.6 is 11.8 Å². The summed E-state index contributed by atoms with van der Waals surface area (Å²) < 4.78 is 5.51. The van der Waals surface area contributed by atoms with Gasteiger partial charge < -0.3 is 10.1 Å². The lowest BCUT2D eigenvalue weighted by atomic mass is 10.1. The lowest BCUT2D eigenvalue weighted by Gasteiger charge is -2.08. The van der Waals surface area contributed by atoms with Gasteiger partial charge in [-0.15, -0.1) is 11.8 Å².